The molecule has 7 rings (SSSR count). The maximum atomic E-state index is 14.2. The number of aliphatic hydroxyl groups excluding tert-OH is 1. The number of hydrogen-bond donors (Lipinski definition) is 2. The van der Waals surface area contributed by atoms with E-state index in [2.05, 4.69) is 32.9 Å². The monoisotopic (exact) mass is 473 g/mol. The standard InChI is InChI=1S/C27H28FN5O2/c1-31-13-22-25-20(21-8-18(28)2-3-23(21)31)4-5-29-27(25)30-26(22)15-6-16-9-32(10-17(16)7-15)14-24(35)33-11-19(34)12-33/h2-6,8,16-17,19,34H,7,9-14H2,1H3,(H,29,30). The van der Waals surface area contributed by atoms with Gasteiger partial charge in [-0.25, -0.2) is 9.37 Å². The molecule has 4 aliphatic rings. The number of nitrogens with zero attached hydrogens (tertiary/aromatic N) is 4. The second-order valence-corrected chi connectivity index (χ2v) is 10.5. The SMILES string of the molecule is CN1Cc2c(C3=CC4CN(CC(=O)N5CC(O)C5)CC4C3)[nH]c3nccc(c23)-c2cc(F)ccc21. The number of aliphatic hydroxyl groups is 1. The zero-order chi connectivity index (χ0) is 23.8. The molecule has 5 heterocycles. The molecule has 2 aromatic heterocycles. The van der Waals surface area contributed by atoms with Gasteiger partial charge in [0.05, 0.1) is 12.6 Å². The van der Waals surface area contributed by atoms with E-state index in [0.29, 0.717) is 31.5 Å². The number of H-pyrrole nitrogens is 1. The third-order valence-electron chi connectivity index (χ3n) is 8.21. The van der Waals surface area contributed by atoms with E-state index in [1.165, 1.54) is 17.2 Å². The number of hydrogen-bond acceptors (Lipinski definition) is 5. The van der Waals surface area contributed by atoms with E-state index in [1.54, 1.807) is 17.2 Å². The number of rotatable bonds is 3. The first-order valence-corrected chi connectivity index (χ1v) is 12.3. The average Bonchev–Trinajstić information content (AvgIpc) is 3.45. The van der Waals surface area contributed by atoms with Crippen LogP contribution in [0.4, 0.5) is 10.1 Å². The second-order valence-electron chi connectivity index (χ2n) is 10.5. The van der Waals surface area contributed by atoms with Crippen LogP contribution in [-0.4, -0.2) is 76.7 Å². The lowest BCUT2D eigenvalue weighted by Gasteiger charge is -2.36. The minimum atomic E-state index is -0.357. The van der Waals surface area contributed by atoms with Gasteiger partial charge in [-0.2, -0.15) is 0 Å². The number of aromatic amines is 1. The first-order chi connectivity index (χ1) is 16.9. The molecule has 35 heavy (non-hydrogen) atoms. The van der Waals surface area contributed by atoms with Crippen molar-refractivity contribution in [1.29, 1.82) is 0 Å². The van der Waals surface area contributed by atoms with E-state index < -0.39 is 0 Å². The van der Waals surface area contributed by atoms with Gasteiger partial charge in [0.2, 0.25) is 5.91 Å². The van der Waals surface area contributed by atoms with Crippen LogP contribution in [-0.2, 0) is 11.3 Å². The van der Waals surface area contributed by atoms with Crippen molar-refractivity contribution >= 4 is 28.2 Å². The molecule has 0 spiro atoms. The second kappa shape index (κ2) is 7.63. The largest absolute Gasteiger partial charge is 0.389 e. The smallest absolute Gasteiger partial charge is 0.236 e. The number of nitrogens with one attached hydrogen (secondary N) is 1. The van der Waals surface area contributed by atoms with Gasteiger partial charge in [-0.3, -0.25) is 9.69 Å². The van der Waals surface area contributed by atoms with E-state index in [4.69, 9.17) is 0 Å². The van der Waals surface area contributed by atoms with Crippen LogP contribution in [0.1, 0.15) is 17.7 Å². The molecule has 1 aromatic carbocycles. The predicted octanol–water partition coefficient (Wildman–Crippen LogP) is 2.86. The normalized spacial score (nSPS) is 23.8. The van der Waals surface area contributed by atoms with E-state index in [0.717, 1.165) is 59.6 Å². The summed E-state index contributed by atoms with van der Waals surface area (Å²) in [6.07, 6.45) is 4.80. The molecule has 180 valence electrons. The highest BCUT2D eigenvalue weighted by molar-refractivity contribution is 6.02. The highest BCUT2D eigenvalue weighted by atomic mass is 19.1. The molecular formula is C27H28FN5O2. The summed E-state index contributed by atoms with van der Waals surface area (Å²) in [7, 11) is 2.06. The van der Waals surface area contributed by atoms with E-state index >= 15 is 0 Å². The number of allylic oxidation sites excluding steroid dienone is 1. The van der Waals surface area contributed by atoms with Crippen LogP contribution in [0.3, 0.4) is 0 Å². The zero-order valence-electron chi connectivity index (χ0n) is 19.7. The van der Waals surface area contributed by atoms with Gasteiger partial charge in [-0.1, -0.05) is 6.08 Å². The summed E-state index contributed by atoms with van der Waals surface area (Å²) in [5, 5.41) is 10.6. The van der Waals surface area contributed by atoms with Crippen LogP contribution in [0.2, 0.25) is 0 Å². The lowest BCUT2D eigenvalue weighted by molar-refractivity contribution is -0.142. The molecule has 3 aromatic rings. The fourth-order valence-electron chi connectivity index (χ4n) is 6.48. The third-order valence-corrected chi connectivity index (χ3v) is 8.21. The number of benzene rings is 1. The molecule has 1 amide bonds. The van der Waals surface area contributed by atoms with Crippen molar-refractivity contribution in [2.45, 2.75) is 19.1 Å². The van der Waals surface area contributed by atoms with Gasteiger partial charge in [0.15, 0.2) is 0 Å². The maximum Gasteiger partial charge on any atom is 0.236 e. The molecule has 2 N–H and O–H groups in total. The molecule has 0 bridgehead atoms. The van der Waals surface area contributed by atoms with Crippen molar-refractivity contribution in [3.63, 3.8) is 0 Å². The quantitative estimate of drug-likeness (QED) is 0.612. The number of carbonyl (C=O) groups excluding carboxylic acids is 1. The number of β-amino-alcohol motifs (C(OH)–C–C–N with tert-alkyl or cyclic N) is 1. The fraction of sp³-hybridized carbons (Fsp3) is 0.407. The summed E-state index contributed by atoms with van der Waals surface area (Å²) in [5.74, 6) is 0.815. The van der Waals surface area contributed by atoms with Crippen LogP contribution >= 0.6 is 0 Å². The number of carbonyl (C=O) groups is 1. The summed E-state index contributed by atoms with van der Waals surface area (Å²) < 4.78 is 14.2. The Morgan fingerprint density at radius 3 is 2.86 bits per heavy atom. The van der Waals surface area contributed by atoms with Crippen LogP contribution in [0, 0.1) is 17.7 Å². The number of amides is 1. The Hall–Kier alpha value is -3.23. The van der Waals surface area contributed by atoms with Crippen molar-refractivity contribution in [1.82, 2.24) is 19.8 Å². The van der Waals surface area contributed by atoms with Crippen LogP contribution in [0.15, 0.2) is 36.5 Å². The molecule has 2 atom stereocenters. The summed E-state index contributed by atoms with van der Waals surface area (Å²) in [5.41, 5.74) is 7.47. The molecule has 0 saturated carbocycles. The minimum absolute atomic E-state index is 0.119. The molecule has 2 unspecified atom stereocenters. The van der Waals surface area contributed by atoms with Gasteiger partial charge in [-0.05, 0) is 53.7 Å². The number of anilines is 1. The molecule has 8 heteroatoms. The van der Waals surface area contributed by atoms with Gasteiger partial charge < -0.3 is 19.9 Å². The van der Waals surface area contributed by atoms with Crippen LogP contribution in [0.25, 0.3) is 27.7 Å². The van der Waals surface area contributed by atoms with E-state index in [9.17, 15) is 14.3 Å². The van der Waals surface area contributed by atoms with Crippen LogP contribution < -0.4 is 4.90 Å². The Labute approximate surface area is 202 Å². The molecule has 1 aliphatic carbocycles. The lowest BCUT2D eigenvalue weighted by Crippen LogP contribution is -2.55. The number of halogens is 1. The topological polar surface area (TPSA) is 75.7 Å². The summed E-state index contributed by atoms with van der Waals surface area (Å²) in [6, 6.07) is 7.00. The Morgan fingerprint density at radius 1 is 1.20 bits per heavy atom. The molecular weight excluding hydrogens is 445 g/mol. The van der Waals surface area contributed by atoms with Crippen molar-refractivity contribution < 1.29 is 14.3 Å². The van der Waals surface area contributed by atoms with Crippen molar-refractivity contribution in [3.05, 3.63) is 53.6 Å². The van der Waals surface area contributed by atoms with Crippen molar-refractivity contribution in [3.8, 4) is 11.1 Å². The molecule has 3 aliphatic heterocycles. The Morgan fingerprint density at radius 2 is 2.06 bits per heavy atom. The number of likely N-dealkylation sites (tertiary alicyclic amines) is 2. The number of pyridine rings is 1. The Bertz CT molecular complexity index is 1390. The molecule has 2 fully saturated rings. The first kappa shape index (κ1) is 21.1. The average molecular weight is 474 g/mol. The van der Waals surface area contributed by atoms with Gasteiger partial charge >= 0.3 is 0 Å². The summed E-state index contributed by atoms with van der Waals surface area (Å²) >= 11 is 0. The number of aromatic nitrogens is 2. The fourth-order valence-corrected chi connectivity index (χ4v) is 6.48. The van der Waals surface area contributed by atoms with Gasteiger partial charge in [-0.15, -0.1) is 0 Å². The molecule has 7 nitrogen and oxygen atoms in total. The minimum Gasteiger partial charge on any atom is -0.389 e. The van der Waals surface area contributed by atoms with Gasteiger partial charge in [0, 0.05) is 73.9 Å². The number of fused-ring (bicyclic) bond motifs is 3. The first-order valence-electron chi connectivity index (χ1n) is 12.3. The van der Waals surface area contributed by atoms with E-state index in [-0.39, 0.29) is 17.8 Å². The highest BCUT2D eigenvalue weighted by Crippen LogP contribution is 2.46. The predicted molar refractivity (Wildman–Crippen MR) is 132 cm³/mol. The van der Waals surface area contributed by atoms with Gasteiger partial charge in [0.25, 0.3) is 0 Å². The Kier molecular flexibility index (Phi) is 4.60. The van der Waals surface area contributed by atoms with Crippen LogP contribution in [0.5, 0.6) is 0 Å². The molecule has 0 radical (unpaired) electrons. The maximum absolute atomic E-state index is 14.2. The third kappa shape index (κ3) is 3.31. The van der Waals surface area contributed by atoms with Gasteiger partial charge in [0.1, 0.15) is 11.5 Å². The van der Waals surface area contributed by atoms with Crippen molar-refractivity contribution in [2.24, 2.45) is 11.8 Å². The zero-order valence-corrected chi connectivity index (χ0v) is 19.7. The molecule has 2 saturated heterocycles. The summed E-state index contributed by atoms with van der Waals surface area (Å²) in [4.78, 5) is 26.9. The Balaban J connectivity index is 1.19. The lowest BCUT2D eigenvalue weighted by atomic mass is 9.97. The van der Waals surface area contributed by atoms with E-state index in [1.807, 2.05) is 12.1 Å². The summed E-state index contributed by atoms with van der Waals surface area (Å²) in [6.45, 7) is 3.90. The highest BCUT2D eigenvalue weighted by Gasteiger charge is 2.39. The van der Waals surface area contributed by atoms with Crippen molar-refractivity contribution in [2.75, 3.05) is 44.7 Å².